The molecule has 2 aromatic carbocycles. The van der Waals surface area contributed by atoms with Gasteiger partial charge in [0.1, 0.15) is 5.75 Å². The fourth-order valence-electron chi connectivity index (χ4n) is 2.42. The van der Waals surface area contributed by atoms with Crippen molar-refractivity contribution in [2.75, 3.05) is 7.11 Å². The van der Waals surface area contributed by atoms with Crippen molar-refractivity contribution in [1.29, 1.82) is 0 Å². The third-order valence-corrected chi connectivity index (χ3v) is 3.57. The smallest absolute Gasteiger partial charge is 0.251 e. The summed E-state index contributed by atoms with van der Waals surface area (Å²) in [6.45, 7) is 4.32. The molecule has 0 aromatic heterocycles. The van der Waals surface area contributed by atoms with Gasteiger partial charge in [0.15, 0.2) is 0 Å². The maximum absolute atomic E-state index is 12.4. The molecule has 1 N–H and O–H groups in total. The fraction of sp³-hybridized carbons (Fsp3) is 0.316. The molecule has 2 aromatic rings. The van der Waals surface area contributed by atoms with Gasteiger partial charge in [0.25, 0.3) is 5.91 Å². The number of methoxy groups -OCH3 is 1. The summed E-state index contributed by atoms with van der Waals surface area (Å²) in [5, 5.41) is 3.14. The molecule has 0 radical (unpaired) electrons. The molecule has 3 heteroatoms. The Labute approximate surface area is 132 Å². The molecule has 116 valence electrons. The number of ether oxygens (including phenoxy) is 1. The first-order chi connectivity index (χ1) is 10.6. The van der Waals surface area contributed by atoms with Crippen molar-refractivity contribution >= 4 is 5.91 Å². The Kier molecular flexibility index (Phi) is 5.59. The van der Waals surface area contributed by atoms with Crippen LogP contribution in [-0.4, -0.2) is 13.0 Å². The van der Waals surface area contributed by atoms with Gasteiger partial charge in [-0.05, 0) is 42.2 Å². The molecule has 0 heterocycles. The molecule has 0 fully saturated rings. The molecule has 1 amide bonds. The van der Waals surface area contributed by atoms with Crippen molar-refractivity contribution < 1.29 is 9.53 Å². The molecule has 3 nitrogen and oxygen atoms in total. The number of nitrogens with one attached hydrogen (secondary N) is 1. The van der Waals surface area contributed by atoms with Crippen LogP contribution in [0.4, 0.5) is 0 Å². The highest BCUT2D eigenvalue weighted by molar-refractivity contribution is 5.94. The number of carbonyl (C=O) groups is 1. The zero-order chi connectivity index (χ0) is 15.9. The van der Waals surface area contributed by atoms with Gasteiger partial charge in [-0.1, -0.05) is 44.2 Å². The minimum absolute atomic E-state index is 0.00128. The normalized spacial score (nSPS) is 12.0. The molecule has 0 aliphatic rings. The summed E-state index contributed by atoms with van der Waals surface area (Å²) in [6, 6.07) is 17.2. The number of benzene rings is 2. The zero-order valence-electron chi connectivity index (χ0n) is 13.4. The van der Waals surface area contributed by atoms with E-state index in [2.05, 4.69) is 19.2 Å². The molecule has 0 bridgehead atoms. The van der Waals surface area contributed by atoms with Crippen LogP contribution in [0.25, 0.3) is 0 Å². The summed E-state index contributed by atoms with van der Waals surface area (Å²) < 4.78 is 5.19. The van der Waals surface area contributed by atoms with Crippen molar-refractivity contribution in [1.82, 2.24) is 5.32 Å². The van der Waals surface area contributed by atoms with Crippen molar-refractivity contribution in [2.45, 2.75) is 26.3 Å². The second-order valence-corrected chi connectivity index (χ2v) is 5.79. The van der Waals surface area contributed by atoms with Crippen LogP contribution in [0, 0.1) is 5.92 Å². The highest BCUT2D eigenvalue weighted by atomic mass is 16.5. The lowest BCUT2D eigenvalue weighted by atomic mass is 9.96. The minimum atomic E-state index is -0.0398. The van der Waals surface area contributed by atoms with E-state index in [0.717, 1.165) is 17.7 Å². The molecular formula is C19H23NO2. The van der Waals surface area contributed by atoms with Gasteiger partial charge in [-0.3, -0.25) is 4.79 Å². The number of hydrogen-bond donors (Lipinski definition) is 1. The molecule has 1 atom stereocenters. The van der Waals surface area contributed by atoms with Gasteiger partial charge in [0, 0.05) is 5.56 Å². The van der Waals surface area contributed by atoms with Crippen LogP contribution in [0.1, 0.15) is 42.2 Å². The molecule has 0 spiro atoms. The van der Waals surface area contributed by atoms with Gasteiger partial charge in [-0.15, -0.1) is 0 Å². The predicted octanol–water partition coefficient (Wildman–Crippen LogP) is 4.21. The summed E-state index contributed by atoms with van der Waals surface area (Å²) in [4.78, 5) is 12.4. The van der Waals surface area contributed by atoms with Gasteiger partial charge >= 0.3 is 0 Å². The summed E-state index contributed by atoms with van der Waals surface area (Å²) in [5.74, 6) is 1.27. The molecular weight excluding hydrogens is 274 g/mol. The van der Waals surface area contributed by atoms with Crippen molar-refractivity contribution in [3.8, 4) is 5.75 Å². The first kappa shape index (κ1) is 16.1. The van der Waals surface area contributed by atoms with E-state index < -0.39 is 0 Å². The maximum atomic E-state index is 12.4. The lowest BCUT2D eigenvalue weighted by Crippen LogP contribution is -2.29. The Balaban J connectivity index is 2.16. The fourth-order valence-corrected chi connectivity index (χ4v) is 2.42. The third-order valence-electron chi connectivity index (χ3n) is 3.57. The van der Waals surface area contributed by atoms with Crippen LogP contribution in [0.2, 0.25) is 0 Å². The summed E-state index contributed by atoms with van der Waals surface area (Å²) in [5.41, 5.74) is 1.78. The number of rotatable bonds is 6. The highest BCUT2D eigenvalue weighted by Gasteiger charge is 2.17. The first-order valence-corrected chi connectivity index (χ1v) is 7.60. The van der Waals surface area contributed by atoms with Crippen LogP contribution in [0.3, 0.4) is 0 Å². The second-order valence-electron chi connectivity index (χ2n) is 5.79. The largest absolute Gasteiger partial charge is 0.497 e. The molecule has 22 heavy (non-hydrogen) atoms. The molecule has 2 rings (SSSR count). The van der Waals surface area contributed by atoms with E-state index in [4.69, 9.17) is 4.74 Å². The molecule has 0 saturated carbocycles. The molecule has 0 saturated heterocycles. The lowest BCUT2D eigenvalue weighted by Gasteiger charge is -2.21. The first-order valence-electron chi connectivity index (χ1n) is 7.60. The predicted molar refractivity (Wildman–Crippen MR) is 89.1 cm³/mol. The van der Waals surface area contributed by atoms with Crippen LogP contribution < -0.4 is 10.1 Å². The van der Waals surface area contributed by atoms with Crippen molar-refractivity contribution in [3.05, 3.63) is 65.7 Å². The Morgan fingerprint density at radius 2 is 1.68 bits per heavy atom. The number of hydrogen-bond acceptors (Lipinski definition) is 2. The SMILES string of the molecule is COc1ccc([C@H](CC(C)C)NC(=O)c2ccccc2)cc1. The second kappa shape index (κ2) is 7.64. The number of amides is 1. The topological polar surface area (TPSA) is 38.3 Å². The van der Waals surface area contributed by atoms with Gasteiger partial charge in [-0.2, -0.15) is 0 Å². The highest BCUT2D eigenvalue weighted by Crippen LogP contribution is 2.24. The standard InChI is InChI=1S/C19H23NO2/c1-14(2)13-18(15-9-11-17(22-3)12-10-15)20-19(21)16-7-5-4-6-8-16/h4-12,14,18H,13H2,1-3H3,(H,20,21)/t18-/m0/s1. The van der Waals surface area contributed by atoms with Crippen molar-refractivity contribution in [2.24, 2.45) is 5.92 Å². The van der Waals surface area contributed by atoms with Gasteiger partial charge in [0.05, 0.1) is 13.2 Å². The van der Waals surface area contributed by atoms with E-state index in [-0.39, 0.29) is 11.9 Å². The average Bonchev–Trinajstić information content (AvgIpc) is 2.54. The maximum Gasteiger partial charge on any atom is 0.251 e. The minimum Gasteiger partial charge on any atom is -0.497 e. The molecule has 0 unspecified atom stereocenters. The average molecular weight is 297 g/mol. The Morgan fingerprint density at radius 1 is 1.05 bits per heavy atom. The summed E-state index contributed by atoms with van der Waals surface area (Å²) in [6.07, 6.45) is 0.894. The van der Waals surface area contributed by atoms with Gasteiger partial charge < -0.3 is 10.1 Å². The monoisotopic (exact) mass is 297 g/mol. The number of carbonyl (C=O) groups excluding carboxylic acids is 1. The van der Waals surface area contributed by atoms with Crippen LogP contribution in [0.15, 0.2) is 54.6 Å². The van der Waals surface area contributed by atoms with E-state index in [9.17, 15) is 4.79 Å². The van der Waals surface area contributed by atoms with E-state index in [1.165, 1.54) is 0 Å². The van der Waals surface area contributed by atoms with Crippen LogP contribution in [0.5, 0.6) is 5.75 Å². The van der Waals surface area contributed by atoms with E-state index in [0.29, 0.717) is 11.5 Å². The lowest BCUT2D eigenvalue weighted by molar-refractivity contribution is 0.0932. The van der Waals surface area contributed by atoms with Gasteiger partial charge in [0.2, 0.25) is 0 Å². The zero-order valence-corrected chi connectivity index (χ0v) is 13.4. The molecule has 0 aliphatic carbocycles. The quantitative estimate of drug-likeness (QED) is 0.867. The van der Waals surface area contributed by atoms with E-state index in [1.54, 1.807) is 7.11 Å². The van der Waals surface area contributed by atoms with E-state index >= 15 is 0 Å². The molecule has 0 aliphatic heterocycles. The van der Waals surface area contributed by atoms with Crippen LogP contribution in [-0.2, 0) is 0 Å². The Hall–Kier alpha value is -2.29. The third kappa shape index (κ3) is 4.35. The summed E-state index contributed by atoms with van der Waals surface area (Å²) in [7, 11) is 1.65. The van der Waals surface area contributed by atoms with Crippen LogP contribution >= 0.6 is 0 Å². The summed E-state index contributed by atoms with van der Waals surface area (Å²) >= 11 is 0. The van der Waals surface area contributed by atoms with Gasteiger partial charge in [-0.25, -0.2) is 0 Å². The van der Waals surface area contributed by atoms with Crippen molar-refractivity contribution in [3.63, 3.8) is 0 Å². The Morgan fingerprint density at radius 3 is 2.23 bits per heavy atom. The van der Waals surface area contributed by atoms with E-state index in [1.807, 2.05) is 54.6 Å². The Bertz CT molecular complexity index is 591.